The van der Waals surface area contributed by atoms with Crippen molar-refractivity contribution in [2.45, 2.75) is 40.0 Å². The Kier molecular flexibility index (Phi) is 2.93. The van der Waals surface area contributed by atoms with Gasteiger partial charge in [0.1, 0.15) is 0 Å². The summed E-state index contributed by atoms with van der Waals surface area (Å²) in [6, 6.07) is 7.80. The highest BCUT2D eigenvalue weighted by Crippen LogP contribution is 2.19. The summed E-state index contributed by atoms with van der Waals surface area (Å²) < 4.78 is 1.61. The zero-order valence-electron chi connectivity index (χ0n) is 11.7. The van der Waals surface area contributed by atoms with Gasteiger partial charge >= 0.3 is 0 Å². The van der Waals surface area contributed by atoms with E-state index in [1.54, 1.807) is 10.7 Å². The number of hydrogen-bond acceptors (Lipinski definition) is 1. The van der Waals surface area contributed by atoms with Gasteiger partial charge in [0.25, 0.3) is 5.56 Å². The van der Waals surface area contributed by atoms with E-state index in [9.17, 15) is 4.79 Å². The van der Waals surface area contributed by atoms with Crippen molar-refractivity contribution in [2.75, 3.05) is 0 Å². The molecule has 0 amide bonds. The largest absolute Gasteiger partial charge is 0.294 e. The SMILES string of the molecule is Cc1cc(C)cc(-n2[nH]c(C(C)(C)C)cc2=O)c1. The van der Waals surface area contributed by atoms with Gasteiger partial charge in [-0.3, -0.25) is 9.89 Å². The summed E-state index contributed by atoms with van der Waals surface area (Å²) in [5.74, 6) is 0. The van der Waals surface area contributed by atoms with Gasteiger partial charge in [0.2, 0.25) is 0 Å². The first kappa shape index (κ1) is 12.7. The highest BCUT2D eigenvalue weighted by Gasteiger charge is 2.18. The number of rotatable bonds is 1. The van der Waals surface area contributed by atoms with Gasteiger partial charge in [0, 0.05) is 17.2 Å². The molecule has 1 aromatic carbocycles. The van der Waals surface area contributed by atoms with Crippen molar-refractivity contribution < 1.29 is 0 Å². The predicted molar refractivity (Wildman–Crippen MR) is 74.6 cm³/mol. The Bertz CT molecular complexity index is 606. The van der Waals surface area contributed by atoms with Gasteiger partial charge in [-0.05, 0) is 37.1 Å². The fourth-order valence-corrected chi connectivity index (χ4v) is 2.05. The first-order valence-electron chi connectivity index (χ1n) is 6.18. The smallest absolute Gasteiger partial charge is 0.271 e. The molecular formula is C15H20N2O. The van der Waals surface area contributed by atoms with Crippen LogP contribution in [0.3, 0.4) is 0 Å². The average molecular weight is 244 g/mol. The molecule has 0 saturated carbocycles. The van der Waals surface area contributed by atoms with Gasteiger partial charge in [-0.2, -0.15) is 0 Å². The van der Waals surface area contributed by atoms with Crippen LogP contribution in [0.25, 0.3) is 5.69 Å². The fraction of sp³-hybridized carbons (Fsp3) is 0.400. The Balaban J connectivity index is 2.58. The van der Waals surface area contributed by atoms with Crippen molar-refractivity contribution in [1.82, 2.24) is 9.78 Å². The summed E-state index contributed by atoms with van der Waals surface area (Å²) in [4.78, 5) is 12.0. The van der Waals surface area contributed by atoms with E-state index in [0.717, 1.165) is 22.5 Å². The third-order valence-corrected chi connectivity index (χ3v) is 2.99. The number of H-pyrrole nitrogens is 1. The minimum atomic E-state index is -0.0523. The molecule has 2 aromatic rings. The second-order valence-corrected chi connectivity index (χ2v) is 5.94. The second-order valence-electron chi connectivity index (χ2n) is 5.94. The molecule has 0 fully saturated rings. The van der Waals surface area contributed by atoms with E-state index in [2.05, 4.69) is 31.9 Å². The normalized spacial score (nSPS) is 11.8. The maximum absolute atomic E-state index is 12.0. The Hall–Kier alpha value is -1.77. The van der Waals surface area contributed by atoms with E-state index in [0.29, 0.717) is 0 Å². The highest BCUT2D eigenvalue weighted by molar-refractivity contribution is 5.39. The van der Waals surface area contributed by atoms with Crippen LogP contribution in [0.5, 0.6) is 0 Å². The van der Waals surface area contributed by atoms with Crippen molar-refractivity contribution >= 4 is 0 Å². The van der Waals surface area contributed by atoms with Crippen molar-refractivity contribution in [3.63, 3.8) is 0 Å². The molecule has 1 heterocycles. The molecule has 0 atom stereocenters. The minimum Gasteiger partial charge on any atom is -0.294 e. The van der Waals surface area contributed by atoms with Gasteiger partial charge in [-0.25, -0.2) is 4.68 Å². The zero-order chi connectivity index (χ0) is 13.5. The molecule has 2 rings (SSSR count). The highest BCUT2D eigenvalue weighted by atomic mass is 16.1. The molecule has 0 aliphatic heterocycles. The van der Waals surface area contributed by atoms with E-state index in [1.807, 2.05) is 26.0 Å². The van der Waals surface area contributed by atoms with Crippen LogP contribution in [0.15, 0.2) is 29.1 Å². The summed E-state index contributed by atoms with van der Waals surface area (Å²) >= 11 is 0. The molecule has 1 N–H and O–H groups in total. The number of nitrogens with one attached hydrogen (secondary N) is 1. The second kappa shape index (κ2) is 4.16. The summed E-state index contributed by atoms with van der Waals surface area (Å²) in [7, 11) is 0. The lowest BCUT2D eigenvalue weighted by atomic mass is 9.93. The number of nitrogens with zero attached hydrogens (tertiary/aromatic N) is 1. The minimum absolute atomic E-state index is 0.00933. The number of aromatic amines is 1. The van der Waals surface area contributed by atoms with E-state index in [1.165, 1.54) is 0 Å². The molecule has 0 spiro atoms. The molecule has 0 aliphatic carbocycles. The molecule has 18 heavy (non-hydrogen) atoms. The predicted octanol–water partition coefficient (Wildman–Crippen LogP) is 3.08. The van der Waals surface area contributed by atoms with Gasteiger partial charge in [-0.1, -0.05) is 26.8 Å². The molecule has 0 bridgehead atoms. The molecule has 0 aliphatic rings. The van der Waals surface area contributed by atoms with Crippen LogP contribution >= 0.6 is 0 Å². The summed E-state index contributed by atoms with van der Waals surface area (Å²) in [6.07, 6.45) is 0. The molecule has 96 valence electrons. The maximum atomic E-state index is 12.0. The van der Waals surface area contributed by atoms with E-state index >= 15 is 0 Å². The number of hydrogen-bond donors (Lipinski definition) is 1. The Morgan fingerprint density at radius 2 is 1.56 bits per heavy atom. The Labute approximate surface area is 107 Å². The van der Waals surface area contributed by atoms with Gasteiger partial charge < -0.3 is 0 Å². The van der Waals surface area contributed by atoms with Gasteiger partial charge in [0.05, 0.1) is 5.69 Å². The van der Waals surface area contributed by atoms with Gasteiger partial charge in [0.15, 0.2) is 0 Å². The summed E-state index contributed by atoms with van der Waals surface area (Å²) in [5.41, 5.74) is 4.10. The number of aromatic nitrogens is 2. The van der Waals surface area contributed by atoms with Crippen LogP contribution in [0.1, 0.15) is 37.6 Å². The standard InChI is InChI=1S/C15H20N2O/c1-10-6-11(2)8-12(7-10)17-14(18)9-13(16-17)15(3,4)5/h6-9,16H,1-5H3. The lowest BCUT2D eigenvalue weighted by Gasteiger charge is -2.15. The van der Waals surface area contributed by atoms with Crippen LogP contribution in [0.4, 0.5) is 0 Å². The van der Waals surface area contributed by atoms with Gasteiger partial charge in [-0.15, -0.1) is 0 Å². The van der Waals surface area contributed by atoms with Crippen molar-refractivity contribution in [3.05, 3.63) is 51.4 Å². The average Bonchev–Trinajstić information content (AvgIpc) is 2.58. The molecule has 0 radical (unpaired) electrons. The quantitative estimate of drug-likeness (QED) is 0.822. The van der Waals surface area contributed by atoms with E-state index < -0.39 is 0 Å². The number of benzene rings is 1. The fourth-order valence-electron chi connectivity index (χ4n) is 2.05. The third-order valence-electron chi connectivity index (χ3n) is 2.99. The van der Waals surface area contributed by atoms with Crippen LogP contribution in [-0.2, 0) is 5.41 Å². The van der Waals surface area contributed by atoms with E-state index in [4.69, 9.17) is 0 Å². The van der Waals surface area contributed by atoms with Crippen molar-refractivity contribution in [1.29, 1.82) is 0 Å². The summed E-state index contributed by atoms with van der Waals surface area (Å²) in [5, 5.41) is 3.20. The molecule has 0 saturated heterocycles. The monoisotopic (exact) mass is 244 g/mol. The maximum Gasteiger partial charge on any atom is 0.271 e. The molecular weight excluding hydrogens is 224 g/mol. The summed E-state index contributed by atoms with van der Waals surface area (Å²) in [6.45, 7) is 10.3. The third kappa shape index (κ3) is 2.40. The van der Waals surface area contributed by atoms with Crippen LogP contribution in [-0.4, -0.2) is 9.78 Å². The molecule has 3 nitrogen and oxygen atoms in total. The first-order valence-corrected chi connectivity index (χ1v) is 6.18. The van der Waals surface area contributed by atoms with Crippen LogP contribution in [0, 0.1) is 13.8 Å². The van der Waals surface area contributed by atoms with Crippen LogP contribution < -0.4 is 5.56 Å². The lowest BCUT2D eigenvalue weighted by Crippen LogP contribution is -2.14. The molecule has 0 unspecified atom stereocenters. The first-order chi connectivity index (χ1) is 8.27. The van der Waals surface area contributed by atoms with E-state index in [-0.39, 0.29) is 11.0 Å². The number of aryl methyl sites for hydroxylation is 2. The topological polar surface area (TPSA) is 37.8 Å². The van der Waals surface area contributed by atoms with Crippen LogP contribution in [0.2, 0.25) is 0 Å². The lowest BCUT2D eigenvalue weighted by molar-refractivity contribution is 0.560. The zero-order valence-corrected chi connectivity index (χ0v) is 11.7. The molecule has 3 heteroatoms. The Morgan fingerprint density at radius 3 is 2.00 bits per heavy atom. The Morgan fingerprint density at radius 1 is 1.00 bits per heavy atom. The van der Waals surface area contributed by atoms with Crippen molar-refractivity contribution in [3.8, 4) is 5.69 Å². The molecule has 1 aromatic heterocycles. The van der Waals surface area contributed by atoms with Crippen molar-refractivity contribution in [2.24, 2.45) is 0 Å².